The van der Waals surface area contributed by atoms with Gasteiger partial charge in [-0.05, 0) is 77.6 Å². The van der Waals surface area contributed by atoms with Gasteiger partial charge in [0.1, 0.15) is 0 Å². The Labute approximate surface area is 110 Å². The van der Waals surface area contributed by atoms with E-state index < -0.39 is 0 Å². The van der Waals surface area contributed by atoms with Gasteiger partial charge in [0, 0.05) is 12.5 Å². The summed E-state index contributed by atoms with van der Waals surface area (Å²) in [6.07, 6.45) is 0. The van der Waals surface area contributed by atoms with Crippen molar-refractivity contribution >= 4 is 54.5 Å². The topological polar surface area (TPSA) is 0 Å². The molecule has 0 aliphatic heterocycles. The quantitative estimate of drug-likeness (QED) is 0.406. The molecule has 1 aromatic rings. The Morgan fingerprint density at radius 3 is 2.08 bits per heavy atom. The van der Waals surface area contributed by atoms with Crippen molar-refractivity contribution in [3.8, 4) is 0 Å². The van der Waals surface area contributed by atoms with Crippen molar-refractivity contribution in [1.29, 1.82) is 0 Å². The van der Waals surface area contributed by atoms with Gasteiger partial charge in [-0.1, -0.05) is 20.8 Å². The van der Waals surface area contributed by atoms with Crippen LogP contribution >= 0.6 is 54.5 Å². The minimum atomic E-state index is 0.211. The number of rotatable bonds is 0. The highest BCUT2D eigenvalue weighted by Gasteiger charge is 2.16. The zero-order chi connectivity index (χ0) is 10.2. The summed E-state index contributed by atoms with van der Waals surface area (Å²) < 4.78 is 3.52. The summed E-state index contributed by atoms with van der Waals surface area (Å²) in [6.45, 7) is 6.66. The lowest BCUT2D eigenvalue weighted by molar-refractivity contribution is 0.589. The Bertz CT molecular complexity index is 303. The smallest absolute Gasteiger partial charge is 0.0451 e. The van der Waals surface area contributed by atoms with Crippen LogP contribution in [0.4, 0.5) is 0 Å². The number of benzene rings is 1. The second-order valence-corrected chi connectivity index (χ2v) is 6.81. The monoisotopic (exact) mass is 416 g/mol. The van der Waals surface area contributed by atoms with E-state index in [1.807, 2.05) is 0 Å². The van der Waals surface area contributed by atoms with Gasteiger partial charge in [0.05, 0.1) is 0 Å². The zero-order valence-electron chi connectivity index (χ0n) is 7.79. The molecule has 0 heterocycles. The van der Waals surface area contributed by atoms with Crippen molar-refractivity contribution in [2.45, 2.75) is 26.2 Å². The van der Waals surface area contributed by atoms with Gasteiger partial charge >= 0.3 is 0 Å². The van der Waals surface area contributed by atoms with E-state index in [1.54, 1.807) is 0 Å². The van der Waals surface area contributed by atoms with Crippen molar-refractivity contribution in [2.75, 3.05) is 0 Å². The Balaban J connectivity index is 3.29. The maximum atomic E-state index is 3.54. The van der Waals surface area contributed by atoms with Crippen molar-refractivity contribution < 1.29 is 0 Å². The third kappa shape index (κ3) is 2.93. The Morgan fingerprint density at radius 1 is 1.15 bits per heavy atom. The number of hydrogen-bond acceptors (Lipinski definition) is 0. The van der Waals surface area contributed by atoms with Crippen LogP contribution < -0.4 is 0 Å². The zero-order valence-corrected chi connectivity index (χ0v) is 13.1. The number of halogens is 3. The molecule has 0 fully saturated rings. The molecule has 1 rings (SSSR count). The first-order chi connectivity index (χ1) is 5.82. The molecule has 0 radical (unpaired) electrons. The molecular formula is C10H11Br2I. The molecule has 0 saturated heterocycles. The molecule has 0 spiro atoms. The van der Waals surface area contributed by atoms with Gasteiger partial charge in [-0.15, -0.1) is 0 Å². The van der Waals surface area contributed by atoms with Gasteiger partial charge in [-0.25, -0.2) is 0 Å². The fraction of sp³-hybridized carbons (Fsp3) is 0.400. The standard InChI is InChI=1S/C10H11Br2I/c1-10(2,3)6-4-7(11)9(12)8(13)5-6/h4-5H,1-3H3. The van der Waals surface area contributed by atoms with Crippen LogP contribution in [0.3, 0.4) is 0 Å². The summed E-state index contributed by atoms with van der Waals surface area (Å²) in [5, 5.41) is 0. The molecule has 0 aliphatic rings. The third-order valence-corrected chi connectivity index (χ3v) is 5.45. The minimum absolute atomic E-state index is 0.211. The Hall–Kier alpha value is 0.910. The Morgan fingerprint density at radius 2 is 1.69 bits per heavy atom. The molecule has 0 saturated carbocycles. The minimum Gasteiger partial charge on any atom is -0.0561 e. The highest BCUT2D eigenvalue weighted by atomic mass is 127. The van der Waals surface area contributed by atoms with Gasteiger partial charge in [0.25, 0.3) is 0 Å². The first kappa shape index (κ1) is 12.0. The van der Waals surface area contributed by atoms with E-state index in [9.17, 15) is 0 Å². The second-order valence-electron chi connectivity index (χ2n) is 4.00. The predicted octanol–water partition coefficient (Wildman–Crippen LogP) is 5.11. The molecule has 0 N–H and O–H groups in total. The van der Waals surface area contributed by atoms with E-state index in [2.05, 4.69) is 87.4 Å². The molecule has 0 unspecified atom stereocenters. The SMILES string of the molecule is CC(C)(C)c1cc(Br)c(Br)c(I)c1. The molecule has 0 bridgehead atoms. The fourth-order valence-corrected chi connectivity index (χ4v) is 2.67. The summed E-state index contributed by atoms with van der Waals surface area (Å²) in [5.41, 5.74) is 1.57. The largest absolute Gasteiger partial charge is 0.0561 e. The van der Waals surface area contributed by atoms with Gasteiger partial charge < -0.3 is 0 Å². The molecule has 1 aromatic carbocycles. The summed E-state index contributed by atoms with van der Waals surface area (Å²) in [5.74, 6) is 0. The van der Waals surface area contributed by atoms with Gasteiger partial charge in [0.15, 0.2) is 0 Å². The maximum absolute atomic E-state index is 3.54. The maximum Gasteiger partial charge on any atom is 0.0451 e. The van der Waals surface area contributed by atoms with E-state index in [0.29, 0.717) is 0 Å². The lowest BCUT2D eigenvalue weighted by atomic mass is 9.87. The average molecular weight is 418 g/mol. The summed E-state index contributed by atoms with van der Waals surface area (Å²) in [4.78, 5) is 0. The van der Waals surface area contributed by atoms with Gasteiger partial charge in [-0.3, -0.25) is 0 Å². The van der Waals surface area contributed by atoms with E-state index in [0.717, 1.165) is 8.95 Å². The van der Waals surface area contributed by atoms with Crippen molar-refractivity contribution in [3.63, 3.8) is 0 Å². The van der Waals surface area contributed by atoms with Crippen molar-refractivity contribution in [3.05, 3.63) is 30.2 Å². The predicted molar refractivity (Wildman–Crippen MR) is 73.3 cm³/mol. The fourth-order valence-electron chi connectivity index (χ4n) is 0.989. The third-order valence-electron chi connectivity index (χ3n) is 1.85. The Kier molecular flexibility index (Phi) is 3.86. The molecule has 0 nitrogen and oxygen atoms in total. The van der Waals surface area contributed by atoms with Crippen LogP contribution in [0, 0.1) is 3.57 Å². The van der Waals surface area contributed by atoms with Crippen LogP contribution in [0.5, 0.6) is 0 Å². The van der Waals surface area contributed by atoms with Crippen LogP contribution in [0.2, 0.25) is 0 Å². The molecule has 0 atom stereocenters. The van der Waals surface area contributed by atoms with Gasteiger partial charge in [0.2, 0.25) is 0 Å². The lowest BCUT2D eigenvalue weighted by Gasteiger charge is -2.20. The van der Waals surface area contributed by atoms with Crippen LogP contribution in [-0.4, -0.2) is 0 Å². The second kappa shape index (κ2) is 4.19. The van der Waals surface area contributed by atoms with E-state index in [-0.39, 0.29) is 5.41 Å². The van der Waals surface area contributed by atoms with Crippen LogP contribution in [-0.2, 0) is 5.41 Å². The first-order valence-corrected chi connectivity index (χ1v) is 6.64. The highest BCUT2D eigenvalue weighted by Crippen LogP contribution is 2.33. The molecule has 0 aliphatic carbocycles. The molecule has 0 aromatic heterocycles. The van der Waals surface area contributed by atoms with Crippen LogP contribution in [0.1, 0.15) is 26.3 Å². The van der Waals surface area contributed by atoms with E-state index >= 15 is 0 Å². The first-order valence-electron chi connectivity index (χ1n) is 3.97. The van der Waals surface area contributed by atoms with Gasteiger partial charge in [-0.2, -0.15) is 0 Å². The molecular weight excluding hydrogens is 407 g/mol. The number of hydrogen-bond donors (Lipinski definition) is 0. The van der Waals surface area contributed by atoms with Crippen LogP contribution in [0.15, 0.2) is 21.1 Å². The summed E-state index contributed by atoms with van der Waals surface area (Å²) in [7, 11) is 0. The van der Waals surface area contributed by atoms with E-state index in [4.69, 9.17) is 0 Å². The molecule has 0 amide bonds. The normalized spacial score (nSPS) is 11.8. The summed E-state index contributed by atoms with van der Waals surface area (Å²) in [6, 6.07) is 4.39. The van der Waals surface area contributed by atoms with Crippen LogP contribution in [0.25, 0.3) is 0 Å². The van der Waals surface area contributed by atoms with E-state index in [1.165, 1.54) is 9.13 Å². The molecule has 13 heavy (non-hydrogen) atoms. The average Bonchev–Trinajstić information content (AvgIpc) is 1.97. The highest BCUT2D eigenvalue weighted by molar-refractivity contribution is 14.1. The molecule has 3 heteroatoms. The van der Waals surface area contributed by atoms with Crippen molar-refractivity contribution in [2.24, 2.45) is 0 Å². The lowest BCUT2D eigenvalue weighted by Crippen LogP contribution is -2.11. The molecule has 72 valence electrons. The van der Waals surface area contributed by atoms with Crippen molar-refractivity contribution in [1.82, 2.24) is 0 Å². The summed E-state index contributed by atoms with van der Waals surface area (Å²) >= 11 is 9.40.